The lowest BCUT2D eigenvalue weighted by molar-refractivity contribution is 0.192. The molecule has 0 radical (unpaired) electrons. The van der Waals surface area contributed by atoms with Gasteiger partial charge < -0.3 is 0 Å². The van der Waals surface area contributed by atoms with Gasteiger partial charge in [-0.2, -0.15) is 5.26 Å². The van der Waals surface area contributed by atoms with E-state index in [4.69, 9.17) is 5.26 Å². The quantitative estimate of drug-likeness (QED) is 0.630. The first kappa shape index (κ1) is 11.4. The normalized spacial score (nSPS) is 13.4. The number of hydrogen-bond donors (Lipinski definition) is 0. The fourth-order valence-corrected chi connectivity index (χ4v) is 1.59. The highest BCUT2D eigenvalue weighted by Gasteiger charge is 2.17. The van der Waals surface area contributed by atoms with Crippen molar-refractivity contribution >= 4 is 0 Å². The van der Waals surface area contributed by atoms with Crippen LogP contribution in [0.15, 0.2) is 0 Å². The van der Waals surface area contributed by atoms with Crippen molar-refractivity contribution in [1.29, 1.82) is 5.26 Å². The van der Waals surface area contributed by atoms with Crippen molar-refractivity contribution < 1.29 is 0 Å². The van der Waals surface area contributed by atoms with E-state index in [2.05, 4.69) is 38.8 Å². The standard InChI is InChI=1S/C10H20N2/c1-5-9(6-2)12(4)10(7-3)8-11/h9-10H,5-7H2,1-4H3. The van der Waals surface area contributed by atoms with Gasteiger partial charge in [-0.3, -0.25) is 4.90 Å². The summed E-state index contributed by atoms with van der Waals surface area (Å²) in [6, 6.07) is 2.98. The minimum atomic E-state index is 0.0925. The molecular weight excluding hydrogens is 148 g/mol. The monoisotopic (exact) mass is 168 g/mol. The van der Waals surface area contributed by atoms with E-state index in [9.17, 15) is 0 Å². The maximum absolute atomic E-state index is 8.84. The lowest BCUT2D eigenvalue weighted by Gasteiger charge is -2.29. The Labute approximate surface area is 76.2 Å². The van der Waals surface area contributed by atoms with Crippen molar-refractivity contribution in [3.05, 3.63) is 0 Å². The molecule has 0 saturated carbocycles. The van der Waals surface area contributed by atoms with Crippen molar-refractivity contribution in [2.24, 2.45) is 0 Å². The third kappa shape index (κ3) is 2.83. The summed E-state index contributed by atoms with van der Waals surface area (Å²) < 4.78 is 0. The van der Waals surface area contributed by atoms with Crippen molar-refractivity contribution in [2.75, 3.05) is 7.05 Å². The predicted molar refractivity (Wildman–Crippen MR) is 51.8 cm³/mol. The Morgan fingerprint density at radius 2 is 1.67 bits per heavy atom. The molecule has 70 valence electrons. The summed E-state index contributed by atoms with van der Waals surface area (Å²) >= 11 is 0. The van der Waals surface area contributed by atoms with Gasteiger partial charge in [0.05, 0.1) is 12.1 Å². The molecule has 0 aliphatic heterocycles. The largest absolute Gasteiger partial charge is 0.288 e. The molecule has 1 unspecified atom stereocenters. The zero-order valence-electron chi connectivity index (χ0n) is 8.67. The minimum absolute atomic E-state index is 0.0925. The average molecular weight is 168 g/mol. The first-order valence-electron chi connectivity index (χ1n) is 4.82. The molecular formula is C10H20N2. The van der Waals surface area contributed by atoms with Gasteiger partial charge in [0.2, 0.25) is 0 Å². The van der Waals surface area contributed by atoms with Crippen molar-refractivity contribution in [3.8, 4) is 6.07 Å². The molecule has 12 heavy (non-hydrogen) atoms. The highest BCUT2D eigenvalue weighted by atomic mass is 15.2. The van der Waals surface area contributed by atoms with Crippen LogP contribution in [0.1, 0.15) is 40.0 Å². The smallest absolute Gasteiger partial charge is 0.0975 e. The van der Waals surface area contributed by atoms with E-state index in [0.29, 0.717) is 6.04 Å². The molecule has 0 saturated heterocycles. The molecule has 2 nitrogen and oxygen atoms in total. The Kier molecular flexibility index (Phi) is 5.74. The Hall–Kier alpha value is -0.550. The zero-order chi connectivity index (χ0) is 9.56. The molecule has 1 atom stereocenters. The average Bonchev–Trinajstić information content (AvgIpc) is 2.09. The summed E-state index contributed by atoms with van der Waals surface area (Å²) in [6.07, 6.45) is 3.18. The summed E-state index contributed by atoms with van der Waals surface area (Å²) in [5.74, 6) is 0. The van der Waals surface area contributed by atoms with E-state index in [-0.39, 0.29) is 6.04 Å². The van der Waals surface area contributed by atoms with E-state index in [1.807, 2.05) is 0 Å². The first-order valence-corrected chi connectivity index (χ1v) is 4.82. The van der Waals surface area contributed by atoms with Gasteiger partial charge in [-0.05, 0) is 26.3 Å². The van der Waals surface area contributed by atoms with Gasteiger partial charge in [0, 0.05) is 6.04 Å². The Bertz CT molecular complexity index is 144. The molecule has 0 aromatic heterocycles. The van der Waals surface area contributed by atoms with E-state index in [1.165, 1.54) is 0 Å². The molecule has 0 rings (SSSR count). The van der Waals surface area contributed by atoms with Crippen LogP contribution in [-0.2, 0) is 0 Å². The van der Waals surface area contributed by atoms with Gasteiger partial charge in [-0.25, -0.2) is 0 Å². The van der Waals surface area contributed by atoms with Crippen LogP contribution in [0.3, 0.4) is 0 Å². The summed E-state index contributed by atoms with van der Waals surface area (Å²) in [6.45, 7) is 6.41. The molecule has 0 fully saturated rings. The third-order valence-corrected chi connectivity index (χ3v) is 2.55. The molecule has 0 heterocycles. The van der Waals surface area contributed by atoms with Crippen molar-refractivity contribution in [1.82, 2.24) is 4.90 Å². The van der Waals surface area contributed by atoms with Gasteiger partial charge in [0.1, 0.15) is 0 Å². The van der Waals surface area contributed by atoms with E-state index < -0.39 is 0 Å². The maximum atomic E-state index is 8.84. The summed E-state index contributed by atoms with van der Waals surface area (Å²) in [7, 11) is 2.05. The van der Waals surface area contributed by atoms with E-state index in [0.717, 1.165) is 19.3 Å². The molecule has 2 heteroatoms. The molecule has 0 aliphatic rings. The number of nitrogens with zero attached hydrogens (tertiary/aromatic N) is 2. The molecule has 0 aromatic carbocycles. The van der Waals surface area contributed by atoms with Gasteiger partial charge in [-0.1, -0.05) is 20.8 Å². The van der Waals surface area contributed by atoms with Crippen LogP contribution >= 0.6 is 0 Å². The minimum Gasteiger partial charge on any atom is -0.288 e. The van der Waals surface area contributed by atoms with Gasteiger partial charge in [0.25, 0.3) is 0 Å². The van der Waals surface area contributed by atoms with Crippen LogP contribution in [0, 0.1) is 11.3 Å². The molecule has 0 aliphatic carbocycles. The van der Waals surface area contributed by atoms with Crippen LogP contribution in [0.5, 0.6) is 0 Å². The highest BCUT2D eigenvalue weighted by Crippen LogP contribution is 2.11. The molecule has 0 aromatic rings. The lowest BCUT2D eigenvalue weighted by atomic mass is 10.1. The second-order valence-corrected chi connectivity index (χ2v) is 3.19. The Balaban J connectivity index is 4.14. The first-order chi connectivity index (χ1) is 5.71. The number of rotatable bonds is 5. The van der Waals surface area contributed by atoms with Crippen molar-refractivity contribution in [2.45, 2.75) is 52.1 Å². The zero-order valence-corrected chi connectivity index (χ0v) is 8.67. The Morgan fingerprint density at radius 3 is 1.92 bits per heavy atom. The van der Waals surface area contributed by atoms with Gasteiger partial charge in [-0.15, -0.1) is 0 Å². The van der Waals surface area contributed by atoms with Gasteiger partial charge >= 0.3 is 0 Å². The molecule has 0 N–H and O–H groups in total. The maximum Gasteiger partial charge on any atom is 0.0975 e. The number of hydrogen-bond acceptors (Lipinski definition) is 2. The van der Waals surface area contributed by atoms with Crippen LogP contribution in [0.25, 0.3) is 0 Å². The van der Waals surface area contributed by atoms with Crippen LogP contribution in [0.4, 0.5) is 0 Å². The predicted octanol–water partition coefficient (Wildman–Crippen LogP) is 2.41. The van der Waals surface area contributed by atoms with E-state index >= 15 is 0 Å². The second-order valence-electron chi connectivity index (χ2n) is 3.19. The van der Waals surface area contributed by atoms with Crippen LogP contribution in [0.2, 0.25) is 0 Å². The van der Waals surface area contributed by atoms with Gasteiger partial charge in [0.15, 0.2) is 0 Å². The second kappa shape index (κ2) is 6.02. The summed E-state index contributed by atoms with van der Waals surface area (Å²) in [5.41, 5.74) is 0. The molecule has 0 bridgehead atoms. The van der Waals surface area contributed by atoms with Crippen LogP contribution < -0.4 is 0 Å². The fourth-order valence-electron chi connectivity index (χ4n) is 1.59. The third-order valence-electron chi connectivity index (χ3n) is 2.55. The summed E-state index contributed by atoms with van der Waals surface area (Å²) in [5, 5.41) is 8.84. The fraction of sp³-hybridized carbons (Fsp3) is 0.900. The van der Waals surface area contributed by atoms with Crippen LogP contribution in [-0.4, -0.2) is 24.0 Å². The van der Waals surface area contributed by atoms with Crippen molar-refractivity contribution in [3.63, 3.8) is 0 Å². The summed E-state index contributed by atoms with van der Waals surface area (Å²) in [4.78, 5) is 2.19. The van der Waals surface area contributed by atoms with E-state index in [1.54, 1.807) is 0 Å². The topological polar surface area (TPSA) is 27.0 Å². The highest BCUT2D eigenvalue weighted by molar-refractivity contribution is 4.91. The SMILES string of the molecule is CCC(C#N)N(C)C(CC)CC. The molecule has 0 spiro atoms. The number of nitriles is 1. The Morgan fingerprint density at radius 1 is 1.17 bits per heavy atom. The molecule has 0 amide bonds. The lowest BCUT2D eigenvalue weighted by Crippen LogP contribution is -2.38.